The van der Waals surface area contributed by atoms with Crippen molar-refractivity contribution in [2.24, 2.45) is 0 Å². The largest absolute Gasteiger partial charge is 0.494 e. The van der Waals surface area contributed by atoms with E-state index in [4.69, 9.17) is 4.74 Å². The van der Waals surface area contributed by atoms with Crippen molar-refractivity contribution in [3.63, 3.8) is 0 Å². The molecule has 0 aliphatic rings. The number of rotatable bonds is 8. The molecular weight excluding hydrogens is 268 g/mol. The van der Waals surface area contributed by atoms with Gasteiger partial charge < -0.3 is 20.5 Å². The number of hydrogen-bond acceptors (Lipinski definition) is 3. The summed E-state index contributed by atoms with van der Waals surface area (Å²) in [5, 5.41) is 14.9. The molecule has 0 saturated carbocycles. The van der Waals surface area contributed by atoms with Crippen LogP contribution in [0.2, 0.25) is 0 Å². The number of aliphatic hydroxyl groups excluding tert-OH is 1. The molecular formula is C16H26N2O3. The van der Waals surface area contributed by atoms with Crippen LogP contribution in [0.15, 0.2) is 18.2 Å². The molecule has 1 aromatic rings. The maximum atomic E-state index is 11.7. The van der Waals surface area contributed by atoms with Gasteiger partial charge in [-0.2, -0.15) is 0 Å². The lowest BCUT2D eigenvalue weighted by Crippen LogP contribution is -2.36. The van der Waals surface area contributed by atoms with Crippen molar-refractivity contribution in [3.8, 4) is 5.75 Å². The number of carbonyl (C=O) groups is 1. The minimum Gasteiger partial charge on any atom is -0.494 e. The first-order chi connectivity index (χ1) is 10.1. The standard InChI is InChI=1S/C16H26N2O3/c1-4-14(19)8-9-17-16(20)18-11-13-7-6-12(3)10-15(13)21-5-2/h6-7,10,14,19H,4-5,8-9,11H2,1-3H3,(H2,17,18,20). The molecule has 0 spiro atoms. The number of amides is 2. The van der Waals surface area contributed by atoms with Gasteiger partial charge in [0.25, 0.3) is 0 Å². The smallest absolute Gasteiger partial charge is 0.315 e. The number of urea groups is 1. The Morgan fingerprint density at radius 3 is 2.76 bits per heavy atom. The maximum absolute atomic E-state index is 11.7. The molecule has 3 N–H and O–H groups in total. The van der Waals surface area contributed by atoms with E-state index in [2.05, 4.69) is 10.6 Å². The first-order valence-electron chi connectivity index (χ1n) is 7.48. The molecule has 0 aliphatic heterocycles. The van der Waals surface area contributed by atoms with Gasteiger partial charge in [0.2, 0.25) is 0 Å². The number of carbonyl (C=O) groups excluding carboxylic acids is 1. The van der Waals surface area contributed by atoms with Gasteiger partial charge in [-0.25, -0.2) is 4.79 Å². The van der Waals surface area contributed by atoms with E-state index in [0.29, 0.717) is 32.5 Å². The minimum absolute atomic E-state index is 0.235. The zero-order chi connectivity index (χ0) is 15.7. The van der Waals surface area contributed by atoms with Gasteiger partial charge in [-0.1, -0.05) is 19.1 Å². The van der Waals surface area contributed by atoms with Crippen LogP contribution < -0.4 is 15.4 Å². The van der Waals surface area contributed by atoms with Crippen LogP contribution in [0.1, 0.15) is 37.8 Å². The summed E-state index contributed by atoms with van der Waals surface area (Å²) in [6, 6.07) is 5.69. The number of aliphatic hydroxyl groups is 1. The van der Waals surface area contributed by atoms with Crippen molar-refractivity contribution in [1.82, 2.24) is 10.6 Å². The summed E-state index contributed by atoms with van der Waals surface area (Å²) >= 11 is 0. The lowest BCUT2D eigenvalue weighted by Gasteiger charge is -2.13. The van der Waals surface area contributed by atoms with Gasteiger partial charge in [-0.15, -0.1) is 0 Å². The zero-order valence-corrected chi connectivity index (χ0v) is 13.1. The van der Waals surface area contributed by atoms with Gasteiger partial charge in [0.1, 0.15) is 5.75 Å². The van der Waals surface area contributed by atoms with Gasteiger partial charge in [0.15, 0.2) is 0 Å². The lowest BCUT2D eigenvalue weighted by molar-refractivity contribution is 0.160. The summed E-state index contributed by atoms with van der Waals surface area (Å²) in [4.78, 5) is 11.7. The van der Waals surface area contributed by atoms with E-state index < -0.39 is 0 Å². The fraction of sp³-hybridized carbons (Fsp3) is 0.562. The van der Waals surface area contributed by atoms with Crippen LogP contribution in [0.5, 0.6) is 5.75 Å². The van der Waals surface area contributed by atoms with Gasteiger partial charge in [-0.3, -0.25) is 0 Å². The molecule has 2 amide bonds. The highest BCUT2D eigenvalue weighted by Gasteiger charge is 2.07. The van der Waals surface area contributed by atoms with Crippen molar-refractivity contribution in [3.05, 3.63) is 29.3 Å². The number of hydrogen-bond donors (Lipinski definition) is 3. The molecule has 118 valence electrons. The maximum Gasteiger partial charge on any atom is 0.315 e. The molecule has 1 aromatic carbocycles. The molecule has 5 nitrogen and oxygen atoms in total. The highest BCUT2D eigenvalue weighted by molar-refractivity contribution is 5.73. The number of aryl methyl sites for hydroxylation is 1. The average Bonchev–Trinajstić information content (AvgIpc) is 2.46. The third-order valence-corrected chi connectivity index (χ3v) is 3.20. The second-order valence-electron chi connectivity index (χ2n) is 5.00. The van der Waals surface area contributed by atoms with Crippen LogP contribution in [0, 0.1) is 6.92 Å². The molecule has 0 fully saturated rings. The Morgan fingerprint density at radius 2 is 2.10 bits per heavy atom. The lowest BCUT2D eigenvalue weighted by atomic mass is 10.1. The summed E-state index contributed by atoms with van der Waals surface area (Å²) in [6.45, 7) is 7.33. The fourth-order valence-electron chi connectivity index (χ4n) is 1.89. The molecule has 5 heteroatoms. The molecule has 0 heterocycles. The van der Waals surface area contributed by atoms with Crippen LogP contribution in [0.25, 0.3) is 0 Å². The number of ether oxygens (including phenoxy) is 1. The van der Waals surface area contributed by atoms with Crippen molar-refractivity contribution in [2.75, 3.05) is 13.2 Å². The van der Waals surface area contributed by atoms with E-state index >= 15 is 0 Å². The van der Waals surface area contributed by atoms with E-state index in [1.807, 2.05) is 39.0 Å². The molecule has 1 atom stereocenters. The Bertz CT molecular complexity index is 449. The van der Waals surface area contributed by atoms with Crippen molar-refractivity contribution < 1.29 is 14.6 Å². The predicted octanol–water partition coefficient (Wildman–Crippen LogP) is 2.35. The molecule has 0 bridgehead atoms. The van der Waals surface area contributed by atoms with Crippen LogP contribution in [0.4, 0.5) is 4.79 Å². The molecule has 21 heavy (non-hydrogen) atoms. The highest BCUT2D eigenvalue weighted by Crippen LogP contribution is 2.20. The third kappa shape index (κ3) is 6.49. The highest BCUT2D eigenvalue weighted by atomic mass is 16.5. The molecule has 1 unspecified atom stereocenters. The Morgan fingerprint density at radius 1 is 1.33 bits per heavy atom. The molecule has 1 rings (SSSR count). The first kappa shape index (κ1) is 17.3. The van der Waals surface area contributed by atoms with Crippen molar-refractivity contribution >= 4 is 6.03 Å². The molecule has 0 radical (unpaired) electrons. The van der Waals surface area contributed by atoms with E-state index in [0.717, 1.165) is 16.9 Å². The summed E-state index contributed by atoms with van der Waals surface area (Å²) < 4.78 is 5.57. The van der Waals surface area contributed by atoms with E-state index in [-0.39, 0.29) is 12.1 Å². The Kier molecular flexibility index (Phi) is 7.61. The monoisotopic (exact) mass is 294 g/mol. The van der Waals surface area contributed by atoms with Gasteiger partial charge in [0.05, 0.1) is 12.7 Å². The SMILES string of the molecule is CCOc1cc(C)ccc1CNC(=O)NCCC(O)CC. The first-order valence-corrected chi connectivity index (χ1v) is 7.48. The zero-order valence-electron chi connectivity index (χ0n) is 13.1. The molecule has 0 aromatic heterocycles. The van der Waals surface area contributed by atoms with Crippen LogP contribution in [-0.2, 0) is 6.54 Å². The summed E-state index contributed by atoms with van der Waals surface area (Å²) in [6.07, 6.45) is 0.912. The molecule has 0 saturated heterocycles. The fourth-order valence-corrected chi connectivity index (χ4v) is 1.89. The number of nitrogens with one attached hydrogen (secondary N) is 2. The summed E-state index contributed by atoms with van der Waals surface area (Å²) in [5.74, 6) is 0.805. The summed E-state index contributed by atoms with van der Waals surface area (Å²) in [5.41, 5.74) is 2.08. The van der Waals surface area contributed by atoms with Gasteiger partial charge in [0, 0.05) is 18.7 Å². The van der Waals surface area contributed by atoms with Crippen LogP contribution in [0.3, 0.4) is 0 Å². The Hall–Kier alpha value is -1.75. The average molecular weight is 294 g/mol. The van der Waals surface area contributed by atoms with E-state index in [1.54, 1.807) is 0 Å². The normalized spacial score (nSPS) is 11.8. The summed E-state index contributed by atoms with van der Waals surface area (Å²) in [7, 11) is 0. The number of benzene rings is 1. The third-order valence-electron chi connectivity index (χ3n) is 3.20. The molecule has 0 aliphatic carbocycles. The Balaban J connectivity index is 2.42. The topological polar surface area (TPSA) is 70.6 Å². The predicted molar refractivity (Wildman–Crippen MR) is 83.5 cm³/mol. The van der Waals surface area contributed by atoms with Gasteiger partial charge in [-0.05, 0) is 38.3 Å². The van der Waals surface area contributed by atoms with Crippen molar-refractivity contribution in [1.29, 1.82) is 0 Å². The van der Waals surface area contributed by atoms with Crippen LogP contribution in [-0.4, -0.2) is 30.4 Å². The van der Waals surface area contributed by atoms with Gasteiger partial charge >= 0.3 is 6.03 Å². The second-order valence-corrected chi connectivity index (χ2v) is 5.00. The van der Waals surface area contributed by atoms with Crippen molar-refractivity contribution in [2.45, 2.75) is 46.3 Å². The van der Waals surface area contributed by atoms with E-state index in [1.165, 1.54) is 0 Å². The van der Waals surface area contributed by atoms with Crippen LogP contribution >= 0.6 is 0 Å². The second kappa shape index (κ2) is 9.23. The Labute approximate surface area is 126 Å². The van der Waals surface area contributed by atoms with E-state index in [9.17, 15) is 9.90 Å². The minimum atomic E-state index is -0.355. The quantitative estimate of drug-likeness (QED) is 0.689.